The highest BCUT2D eigenvalue weighted by molar-refractivity contribution is 6.33. The van der Waals surface area contributed by atoms with Crippen molar-refractivity contribution < 1.29 is 14.3 Å². The van der Waals surface area contributed by atoms with E-state index in [9.17, 15) is 9.59 Å². The third kappa shape index (κ3) is 5.15. The van der Waals surface area contributed by atoms with Crippen LogP contribution >= 0.6 is 23.2 Å². The molecule has 0 saturated carbocycles. The van der Waals surface area contributed by atoms with Gasteiger partial charge < -0.3 is 15.4 Å². The molecule has 7 heteroatoms. The van der Waals surface area contributed by atoms with Gasteiger partial charge >= 0.3 is 12.0 Å². The Morgan fingerprint density at radius 2 is 1.79 bits per heavy atom. The van der Waals surface area contributed by atoms with Gasteiger partial charge in [-0.3, -0.25) is 0 Å². The van der Waals surface area contributed by atoms with E-state index in [-0.39, 0.29) is 16.6 Å². The number of hydrogen-bond donors (Lipinski definition) is 2. The van der Waals surface area contributed by atoms with Gasteiger partial charge in [-0.2, -0.15) is 0 Å². The molecule has 2 aromatic rings. The van der Waals surface area contributed by atoms with Gasteiger partial charge in [0.2, 0.25) is 0 Å². The minimum absolute atomic E-state index is 0.193. The van der Waals surface area contributed by atoms with Crippen molar-refractivity contribution in [3.63, 3.8) is 0 Å². The second-order valence-corrected chi connectivity index (χ2v) is 5.79. The summed E-state index contributed by atoms with van der Waals surface area (Å²) in [7, 11) is 1.27. The lowest BCUT2D eigenvalue weighted by molar-refractivity contribution is 0.0601. The minimum Gasteiger partial charge on any atom is -0.465 e. The van der Waals surface area contributed by atoms with E-state index in [4.69, 9.17) is 23.2 Å². The first-order valence-electron chi connectivity index (χ1n) is 7.17. The second-order valence-electron chi connectivity index (χ2n) is 4.94. The number of benzene rings is 2. The average molecular weight is 367 g/mol. The van der Waals surface area contributed by atoms with Crippen molar-refractivity contribution in [1.29, 1.82) is 0 Å². The summed E-state index contributed by atoms with van der Waals surface area (Å²) in [5.41, 5.74) is 1.71. The summed E-state index contributed by atoms with van der Waals surface area (Å²) in [6, 6.07) is 11.6. The summed E-state index contributed by atoms with van der Waals surface area (Å²) >= 11 is 11.8. The number of anilines is 1. The number of carbonyl (C=O) groups is 2. The fourth-order valence-electron chi connectivity index (χ4n) is 2.02. The lowest BCUT2D eigenvalue weighted by Crippen LogP contribution is -2.30. The van der Waals surface area contributed by atoms with Gasteiger partial charge in [0.05, 0.1) is 17.7 Å². The molecule has 5 nitrogen and oxygen atoms in total. The van der Waals surface area contributed by atoms with Crippen molar-refractivity contribution in [2.75, 3.05) is 19.0 Å². The summed E-state index contributed by atoms with van der Waals surface area (Å²) in [5, 5.41) is 6.32. The fraction of sp³-hybridized carbons (Fsp3) is 0.176. The van der Waals surface area contributed by atoms with Gasteiger partial charge in [-0.15, -0.1) is 0 Å². The molecule has 0 fully saturated rings. The molecule has 0 radical (unpaired) electrons. The normalized spacial score (nSPS) is 10.1. The zero-order valence-electron chi connectivity index (χ0n) is 12.9. The van der Waals surface area contributed by atoms with Crippen LogP contribution in [0, 0.1) is 0 Å². The Morgan fingerprint density at radius 1 is 1.08 bits per heavy atom. The number of halogens is 2. The van der Waals surface area contributed by atoms with E-state index < -0.39 is 5.97 Å². The minimum atomic E-state index is -0.563. The van der Waals surface area contributed by atoms with Crippen molar-refractivity contribution in [3.8, 4) is 0 Å². The van der Waals surface area contributed by atoms with Crippen LogP contribution in [-0.2, 0) is 11.2 Å². The Morgan fingerprint density at radius 3 is 2.46 bits per heavy atom. The van der Waals surface area contributed by atoms with Crippen molar-refractivity contribution in [1.82, 2.24) is 5.32 Å². The SMILES string of the molecule is COC(=O)c1cc(NC(=O)NCCc2ccc(Cl)cc2)ccc1Cl. The molecular formula is C17H16Cl2N2O3. The fourth-order valence-corrected chi connectivity index (χ4v) is 2.34. The van der Waals surface area contributed by atoms with Crippen molar-refractivity contribution in [2.45, 2.75) is 6.42 Å². The Labute approximate surface area is 149 Å². The molecule has 0 aromatic heterocycles. The number of ether oxygens (including phenoxy) is 1. The molecule has 2 aromatic carbocycles. The predicted molar refractivity (Wildman–Crippen MR) is 95.0 cm³/mol. The number of rotatable bonds is 5. The van der Waals surface area contributed by atoms with Crippen LogP contribution in [0.1, 0.15) is 15.9 Å². The average Bonchev–Trinajstić information content (AvgIpc) is 2.57. The summed E-state index contributed by atoms with van der Waals surface area (Å²) in [4.78, 5) is 23.5. The maximum Gasteiger partial charge on any atom is 0.339 e. The first-order valence-corrected chi connectivity index (χ1v) is 7.92. The van der Waals surface area contributed by atoms with Gasteiger partial charge in [-0.1, -0.05) is 35.3 Å². The maximum absolute atomic E-state index is 11.9. The van der Waals surface area contributed by atoms with E-state index in [1.807, 2.05) is 12.1 Å². The van der Waals surface area contributed by atoms with Gasteiger partial charge in [-0.05, 0) is 42.3 Å². The van der Waals surface area contributed by atoms with Gasteiger partial charge in [0.15, 0.2) is 0 Å². The van der Waals surface area contributed by atoms with Crippen molar-refractivity contribution in [2.24, 2.45) is 0 Å². The third-order valence-electron chi connectivity index (χ3n) is 3.24. The molecule has 126 valence electrons. The van der Waals surface area contributed by atoms with Crippen LogP contribution in [0.2, 0.25) is 10.0 Å². The topological polar surface area (TPSA) is 67.4 Å². The smallest absolute Gasteiger partial charge is 0.339 e. The number of urea groups is 1. The molecule has 0 heterocycles. The Hall–Kier alpha value is -2.24. The standard InChI is InChI=1S/C17H16Cl2N2O3/c1-24-16(22)14-10-13(6-7-15(14)19)21-17(23)20-9-8-11-2-4-12(18)5-3-11/h2-7,10H,8-9H2,1H3,(H2,20,21,23). The quantitative estimate of drug-likeness (QED) is 0.781. The molecule has 2 amide bonds. The molecule has 0 spiro atoms. The van der Waals surface area contributed by atoms with E-state index in [1.54, 1.807) is 18.2 Å². The summed E-state index contributed by atoms with van der Waals surface area (Å²) in [6.07, 6.45) is 0.679. The van der Waals surface area contributed by atoms with Crippen LogP contribution < -0.4 is 10.6 Å². The second kappa shape index (κ2) is 8.57. The molecule has 0 bridgehead atoms. The van der Waals surface area contributed by atoms with E-state index in [2.05, 4.69) is 15.4 Å². The zero-order valence-corrected chi connectivity index (χ0v) is 14.4. The van der Waals surface area contributed by atoms with Gasteiger partial charge in [0.1, 0.15) is 0 Å². The monoisotopic (exact) mass is 366 g/mol. The van der Waals surface area contributed by atoms with Crippen LogP contribution in [0.25, 0.3) is 0 Å². The third-order valence-corrected chi connectivity index (χ3v) is 3.82. The highest BCUT2D eigenvalue weighted by Crippen LogP contribution is 2.21. The van der Waals surface area contributed by atoms with E-state index in [1.165, 1.54) is 19.2 Å². The highest BCUT2D eigenvalue weighted by Gasteiger charge is 2.12. The molecule has 2 rings (SSSR count). The van der Waals surface area contributed by atoms with Crippen molar-refractivity contribution >= 4 is 40.9 Å². The first kappa shape index (κ1) is 18.1. The molecule has 0 aliphatic heterocycles. The Kier molecular flexibility index (Phi) is 6.46. The molecule has 0 saturated heterocycles. The number of methoxy groups -OCH3 is 1. The lowest BCUT2D eigenvalue weighted by Gasteiger charge is -2.09. The summed E-state index contributed by atoms with van der Waals surface area (Å²) in [6.45, 7) is 0.463. The first-order chi connectivity index (χ1) is 11.5. The Bertz CT molecular complexity index is 733. The van der Waals surface area contributed by atoms with Gasteiger partial charge in [0, 0.05) is 17.3 Å². The number of hydrogen-bond acceptors (Lipinski definition) is 3. The predicted octanol–water partition coefficient (Wildman–Crippen LogP) is 4.14. The maximum atomic E-state index is 11.9. The largest absolute Gasteiger partial charge is 0.465 e. The number of carbonyl (C=O) groups excluding carboxylic acids is 2. The van der Waals surface area contributed by atoms with Crippen LogP contribution in [0.5, 0.6) is 0 Å². The van der Waals surface area contributed by atoms with E-state index >= 15 is 0 Å². The van der Waals surface area contributed by atoms with Crippen LogP contribution in [0.15, 0.2) is 42.5 Å². The van der Waals surface area contributed by atoms with E-state index in [0.29, 0.717) is 23.7 Å². The van der Waals surface area contributed by atoms with Gasteiger partial charge in [-0.25, -0.2) is 9.59 Å². The number of nitrogens with one attached hydrogen (secondary N) is 2. The Balaban J connectivity index is 1.88. The summed E-state index contributed by atoms with van der Waals surface area (Å²) < 4.78 is 4.64. The molecule has 2 N–H and O–H groups in total. The number of esters is 1. The molecule has 0 aliphatic carbocycles. The molecule has 0 unspecified atom stereocenters. The molecule has 0 aliphatic rings. The van der Waals surface area contributed by atoms with Crippen LogP contribution in [-0.4, -0.2) is 25.7 Å². The van der Waals surface area contributed by atoms with Crippen LogP contribution in [0.3, 0.4) is 0 Å². The van der Waals surface area contributed by atoms with Crippen LogP contribution in [0.4, 0.5) is 10.5 Å². The van der Waals surface area contributed by atoms with Gasteiger partial charge in [0.25, 0.3) is 0 Å². The lowest BCUT2D eigenvalue weighted by atomic mass is 10.1. The molecule has 24 heavy (non-hydrogen) atoms. The molecule has 0 atom stereocenters. The van der Waals surface area contributed by atoms with E-state index in [0.717, 1.165) is 5.56 Å². The zero-order chi connectivity index (χ0) is 17.5. The molecular weight excluding hydrogens is 351 g/mol. The highest BCUT2D eigenvalue weighted by atomic mass is 35.5. The van der Waals surface area contributed by atoms with Crippen molar-refractivity contribution in [3.05, 3.63) is 63.6 Å². The number of amides is 2. The summed E-state index contributed by atoms with van der Waals surface area (Å²) in [5.74, 6) is -0.563.